The van der Waals surface area contributed by atoms with Crippen LogP contribution in [0.25, 0.3) is 22.6 Å². The Morgan fingerprint density at radius 2 is 2.00 bits per heavy atom. The first kappa shape index (κ1) is 18.8. The summed E-state index contributed by atoms with van der Waals surface area (Å²) in [6, 6.07) is 9.49. The van der Waals surface area contributed by atoms with Crippen molar-refractivity contribution in [1.29, 1.82) is 0 Å². The van der Waals surface area contributed by atoms with Gasteiger partial charge in [-0.2, -0.15) is 18.4 Å². The van der Waals surface area contributed by atoms with E-state index in [9.17, 15) is 13.2 Å². The predicted octanol–water partition coefficient (Wildman–Crippen LogP) is 4.56. The van der Waals surface area contributed by atoms with Gasteiger partial charge in [-0.05, 0) is 53.6 Å². The van der Waals surface area contributed by atoms with E-state index in [1.807, 2.05) is 19.1 Å². The van der Waals surface area contributed by atoms with Crippen LogP contribution >= 0.6 is 0 Å². The number of furan rings is 1. The number of anilines is 1. The van der Waals surface area contributed by atoms with Crippen LogP contribution in [0.1, 0.15) is 16.7 Å². The van der Waals surface area contributed by atoms with Crippen molar-refractivity contribution in [2.45, 2.75) is 19.6 Å². The quantitative estimate of drug-likeness (QED) is 0.508. The van der Waals surface area contributed by atoms with Crippen LogP contribution < -0.4 is 10.1 Å². The Morgan fingerprint density at radius 1 is 1.17 bits per heavy atom. The van der Waals surface area contributed by atoms with Gasteiger partial charge in [-0.1, -0.05) is 6.07 Å². The second-order valence-corrected chi connectivity index (χ2v) is 6.44. The van der Waals surface area contributed by atoms with E-state index < -0.39 is 11.7 Å². The smallest absolute Gasteiger partial charge is 0.420 e. The van der Waals surface area contributed by atoms with E-state index in [0.29, 0.717) is 29.4 Å². The zero-order valence-corrected chi connectivity index (χ0v) is 15.5. The highest BCUT2D eigenvalue weighted by Crippen LogP contribution is 2.38. The number of nitrogens with zero attached hydrogens (tertiary/aromatic N) is 3. The molecule has 7 nitrogen and oxygen atoms in total. The highest BCUT2D eigenvalue weighted by molar-refractivity contribution is 5.85. The van der Waals surface area contributed by atoms with Crippen molar-refractivity contribution in [2.24, 2.45) is 0 Å². The van der Waals surface area contributed by atoms with Crippen molar-refractivity contribution in [3.8, 4) is 17.3 Å². The highest BCUT2D eigenvalue weighted by Gasteiger charge is 2.34. The number of aromatic nitrogens is 4. The molecular weight excluding hydrogens is 387 g/mol. The Morgan fingerprint density at radius 3 is 2.69 bits per heavy atom. The first-order valence-electron chi connectivity index (χ1n) is 8.61. The van der Waals surface area contributed by atoms with Gasteiger partial charge in [-0.15, -0.1) is 10.2 Å². The molecule has 0 spiro atoms. The SMILES string of the molecule is COc1ccc(NCc2cc(C)c3oc(-c4nn[nH]n4)cc3c2)cc1C(F)(F)F. The molecule has 0 aliphatic carbocycles. The number of ether oxygens (including phenoxy) is 1. The summed E-state index contributed by atoms with van der Waals surface area (Å²) < 4.78 is 50.2. The third kappa shape index (κ3) is 3.73. The van der Waals surface area contributed by atoms with Crippen LogP contribution in [0.4, 0.5) is 18.9 Å². The molecule has 29 heavy (non-hydrogen) atoms. The Kier molecular flexibility index (Phi) is 4.61. The van der Waals surface area contributed by atoms with E-state index in [0.717, 1.165) is 22.6 Å². The first-order valence-corrected chi connectivity index (χ1v) is 8.61. The lowest BCUT2D eigenvalue weighted by Crippen LogP contribution is -2.09. The largest absolute Gasteiger partial charge is 0.496 e. The second kappa shape index (κ2) is 7.12. The summed E-state index contributed by atoms with van der Waals surface area (Å²) in [6.45, 7) is 2.23. The van der Waals surface area contributed by atoms with Crippen LogP contribution in [0.3, 0.4) is 0 Å². The van der Waals surface area contributed by atoms with E-state index in [-0.39, 0.29) is 5.75 Å². The summed E-state index contributed by atoms with van der Waals surface area (Å²) in [5.74, 6) is 0.609. The number of hydrogen-bond donors (Lipinski definition) is 2. The normalized spacial score (nSPS) is 11.8. The van der Waals surface area contributed by atoms with Crippen molar-refractivity contribution in [3.05, 3.63) is 53.1 Å². The first-order chi connectivity index (χ1) is 13.8. The molecule has 0 aliphatic heterocycles. The van der Waals surface area contributed by atoms with Crippen LogP contribution in [0.5, 0.6) is 5.75 Å². The summed E-state index contributed by atoms with van der Waals surface area (Å²) in [6.07, 6.45) is -4.50. The van der Waals surface area contributed by atoms with Gasteiger partial charge in [0.1, 0.15) is 11.3 Å². The summed E-state index contributed by atoms with van der Waals surface area (Å²) in [5, 5.41) is 17.5. The summed E-state index contributed by atoms with van der Waals surface area (Å²) in [4.78, 5) is 0. The lowest BCUT2D eigenvalue weighted by molar-refractivity contribution is -0.138. The van der Waals surface area contributed by atoms with E-state index in [4.69, 9.17) is 9.15 Å². The molecule has 0 atom stereocenters. The van der Waals surface area contributed by atoms with Crippen molar-refractivity contribution in [1.82, 2.24) is 20.6 Å². The molecular formula is C19H16F3N5O2. The molecule has 0 amide bonds. The van der Waals surface area contributed by atoms with Gasteiger partial charge in [-0.3, -0.25) is 0 Å². The second-order valence-electron chi connectivity index (χ2n) is 6.44. The number of fused-ring (bicyclic) bond motifs is 1. The van der Waals surface area contributed by atoms with Gasteiger partial charge in [0.2, 0.25) is 5.82 Å². The molecule has 0 saturated carbocycles. The van der Waals surface area contributed by atoms with Gasteiger partial charge < -0.3 is 14.5 Å². The van der Waals surface area contributed by atoms with Crippen molar-refractivity contribution in [3.63, 3.8) is 0 Å². The Labute approximate surface area is 162 Å². The van der Waals surface area contributed by atoms with Gasteiger partial charge in [0, 0.05) is 17.6 Å². The molecule has 0 radical (unpaired) electrons. The molecule has 0 saturated heterocycles. The third-order valence-corrected chi connectivity index (χ3v) is 4.43. The van der Waals surface area contributed by atoms with E-state index in [2.05, 4.69) is 25.9 Å². The minimum absolute atomic E-state index is 0.215. The fourth-order valence-corrected chi connectivity index (χ4v) is 3.13. The number of tetrazole rings is 1. The minimum Gasteiger partial charge on any atom is -0.496 e. The number of aromatic amines is 1. The van der Waals surface area contributed by atoms with E-state index in [1.54, 1.807) is 12.1 Å². The number of alkyl halides is 3. The molecule has 4 rings (SSSR count). The van der Waals surface area contributed by atoms with Crippen LogP contribution in [0, 0.1) is 6.92 Å². The van der Waals surface area contributed by atoms with Crippen molar-refractivity contribution < 1.29 is 22.3 Å². The van der Waals surface area contributed by atoms with E-state index in [1.165, 1.54) is 13.2 Å². The number of halogens is 3. The Bertz CT molecular complexity index is 1150. The molecule has 0 aliphatic rings. The molecule has 0 fully saturated rings. The number of benzene rings is 2. The molecule has 2 N–H and O–H groups in total. The number of methoxy groups -OCH3 is 1. The van der Waals surface area contributed by atoms with Gasteiger partial charge in [0.25, 0.3) is 0 Å². The van der Waals surface area contributed by atoms with Gasteiger partial charge >= 0.3 is 6.18 Å². The van der Waals surface area contributed by atoms with Crippen LogP contribution in [-0.2, 0) is 12.7 Å². The van der Waals surface area contributed by atoms with E-state index >= 15 is 0 Å². The molecule has 2 aromatic heterocycles. The zero-order valence-electron chi connectivity index (χ0n) is 15.5. The van der Waals surface area contributed by atoms with Crippen LogP contribution in [0.15, 0.2) is 40.8 Å². The molecule has 2 aromatic carbocycles. The number of rotatable bonds is 5. The molecule has 0 unspecified atom stereocenters. The number of hydrogen-bond acceptors (Lipinski definition) is 6. The average molecular weight is 403 g/mol. The standard InChI is InChI=1S/C19H16F3N5O2/c1-10-5-11(6-12-7-16(29-17(10)12)18-24-26-27-25-18)9-23-13-3-4-15(28-2)14(8-13)19(20,21)22/h3-8,23H,9H2,1-2H3,(H,24,25,26,27). The fraction of sp³-hybridized carbons (Fsp3) is 0.211. The third-order valence-electron chi connectivity index (χ3n) is 4.43. The summed E-state index contributed by atoms with van der Waals surface area (Å²) >= 11 is 0. The molecule has 150 valence electrons. The zero-order chi connectivity index (χ0) is 20.6. The number of nitrogens with one attached hydrogen (secondary N) is 2. The van der Waals surface area contributed by atoms with Gasteiger partial charge in [-0.25, -0.2) is 0 Å². The summed E-state index contributed by atoms with van der Waals surface area (Å²) in [5.41, 5.74) is 1.99. The maximum atomic E-state index is 13.2. The maximum absolute atomic E-state index is 13.2. The molecule has 0 bridgehead atoms. The monoisotopic (exact) mass is 403 g/mol. The molecule has 10 heteroatoms. The minimum atomic E-state index is -4.50. The molecule has 4 aromatic rings. The number of H-pyrrole nitrogens is 1. The van der Waals surface area contributed by atoms with Crippen molar-refractivity contribution in [2.75, 3.05) is 12.4 Å². The highest BCUT2D eigenvalue weighted by atomic mass is 19.4. The van der Waals surface area contributed by atoms with Crippen LogP contribution in [-0.4, -0.2) is 27.7 Å². The van der Waals surface area contributed by atoms with Crippen LogP contribution in [0.2, 0.25) is 0 Å². The Hall–Kier alpha value is -3.56. The van der Waals surface area contributed by atoms with Gasteiger partial charge in [0.05, 0.1) is 12.7 Å². The number of aryl methyl sites for hydroxylation is 1. The molecule has 2 heterocycles. The van der Waals surface area contributed by atoms with Crippen molar-refractivity contribution >= 4 is 16.7 Å². The topological polar surface area (TPSA) is 88.9 Å². The lowest BCUT2D eigenvalue weighted by atomic mass is 10.1. The lowest BCUT2D eigenvalue weighted by Gasteiger charge is -2.14. The summed E-state index contributed by atoms with van der Waals surface area (Å²) in [7, 11) is 1.21. The fourth-order valence-electron chi connectivity index (χ4n) is 3.13. The average Bonchev–Trinajstić information content (AvgIpc) is 3.35. The Balaban J connectivity index is 1.59. The predicted molar refractivity (Wildman–Crippen MR) is 99.4 cm³/mol. The maximum Gasteiger partial charge on any atom is 0.420 e. The van der Waals surface area contributed by atoms with Gasteiger partial charge in [0.15, 0.2) is 5.76 Å².